The van der Waals surface area contributed by atoms with E-state index in [9.17, 15) is 14.4 Å². The molecule has 3 aromatic rings. The van der Waals surface area contributed by atoms with Crippen LogP contribution in [0.4, 0.5) is 4.79 Å². The van der Waals surface area contributed by atoms with Crippen LogP contribution >= 0.6 is 11.8 Å². The molecule has 0 aliphatic carbocycles. The van der Waals surface area contributed by atoms with Gasteiger partial charge in [0.25, 0.3) is 11.1 Å². The molecule has 1 saturated heterocycles. The number of aromatic nitrogens is 1. The number of esters is 1. The number of nitrogens with one attached hydrogen (secondary N) is 1. The number of benzene rings is 2. The predicted molar refractivity (Wildman–Crippen MR) is 124 cm³/mol. The van der Waals surface area contributed by atoms with Gasteiger partial charge in [-0.25, -0.2) is 4.79 Å². The molecule has 1 fully saturated rings. The van der Waals surface area contributed by atoms with Crippen LogP contribution in [0.2, 0.25) is 0 Å². The molecule has 0 saturated carbocycles. The summed E-state index contributed by atoms with van der Waals surface area (Å²) in [7, 11) is 0. The van der Waals surface area contributed by atoms with Gasteiger partial charge >= 0.3 is 5.97 Å². The van der Waals surface area contributed by atoms with Crippen molar-refractivity contribution in [1.29, 1.82) is 0 Å². The molecule has 1 atom stereocenters. The molecule has 2 heterocycles. The number of hydrogen-bond acceptors (Lipinski definition) is 7. The monoisotopic (exact) mass is 462 g/mol. The van der Waals surface area contributed by atoms with Crippen molar-refractivity contribution in [3.8, 4) is 5.75 Å². The maximum Gasteiger partial charge on any atom is 0.333 e. The Kier molecular flexibility index (Phi) is 7.04. The van der Waals surface area contributed by atoms with E-state index in [1.165, 1.54) is 0 Å². The van der Waals surface area contributed by atoms with Gasteiger partial charge in [-0.1, -0.05) is 48.5 Å². The predicted octanol–water partition coefficient (Wildman–Crippen LogP) is 3.71. The summed E-state index contributed by atoms with van der Waals surface area (Å²) in [5.41, 5.74) is 2.45. The number of ether oxygens (including phenoxy) is 2. The average Bonchev–Trinajstić information content (AvgIpc) is 3.13. The lowest BCUT2D eigenvalue weighted by Gasteiger charge is -2.22. The Bertz CT molecular complexity index is 1120. The number of nitrogens with zero attached hydrogens (tertiary/aromatic N) is 1. The Morgan fingerprint density at radius 3 is 2.36 bits per heavy atom. The molecule has 4 rings (SSSR count). The molecule has 1 aromatic heterocycles. The zero-order valence-electron chi connectivity index (χ0n) is 17.7. The Morgan fingerprint density at radius 2 is 1.70 bits per heavy atom. The van der Waals surface area contributed by atoms with E-state index in [-0.39, 0.29) is 13.0 Å². The van der Waals surface area contributed by atoms with Crippen molar-refractivity contribution in [3.05, 3.63) is 95.8 Å². The van der Waals surface area contributed by atoms with Gasteiger partial charge in [0.2, 0.25) is 4.75 Å². The Morgan fingerprint density at radius 1 is 0.939 bits per heavy atom. The minimum atomic E-state index is -1.66. The van der Waals surface area contributed by atoms with Gasteiger partial charge in [0.1, 0.15) is 12.4 Å². The van der Waals surface area contributed by atoms with Crippen molar-refractivity contribution in [2.45, 2.75) is 24.2 Å². The number of carbonyl (C=O) groups is 3. The van der Waals surface area contributed by atoms with Crippen molar-refractivity contribution < 1.29 is 23.9 Å². The molecule has 1 N–H and O–H groups in total. The van der Waals surface area contributed by atoms with Crippen molar-refractivity contribution in [3.63, 3.8) is 0 Å². The van der Waals surface area contributed by atoms with Gasteiger partial charge in [-0.05, 0) is 47.2 Å². The third kappa shape index (κ3) is 5.59. The van der Waals surface area contributed by atoms with Crippen LogP contribution in [-0.2, 0) is 33.8 Å². The third-order valence-electron chi connectivity index (χ3n) is 5.12. The smallest absolute Gasteiger partial charge is 0.333 e. The highest BCUT2D eigenvalue weighted by Gasteiger charge is 2.55. The molecule has 0 radical (unpaired) electrons. The molecule has 0 spiro atoms. The standard InChI is InChI=1S/C25H22N2O5S/c28-22-25(33-24(30)27-22,23(29)32-17-19-6-2-1-3-7-19)16-18-9-11-21(12-10-18)31-15-13-20-8-4-5-14-26-20/h1-12,14H,13,15-17H2,(H,27,28,30). The fraction of sp³-hybridized carbons (Fsp3) is 0.200. The molecule has 1 aliphatic rings. The lowest BCUT2D eigenvalue weighted by molar-refractivity contribution is -0.150. The number of pyridine rings is 1. The van der Waals surface area contributed by atoms with Crippen molar-refractivity contribution in [1.82, 2.24) is 10.3 Å². The van der Waals surface area contributed by atoms with Crippen LogP contribution in [0.3, 0.4) is 0 Å². The van der Waals surface area contributed by atoms with E-state index in [1.807, 2.05) is 48.5 Å². The molecule has 7 nitrogen and oxygen atoms in total. The summed E-state index contributed by atoms with van der Waals surface area (Å²) < 4.78 is 9.53. The molecule has 33 heavy (non-hydrogen) atoms. The fourth-order valence-corrected chi connectivity index (χ4v) is 4.38. The van der Waals surface area contributed by atoms with Gasteiger partial charge in [-0.2, -0.15) is 0 Å². The van der Waals surface area contributed by atoms with Gasteiger partial charge in [-0.3, -0.25) is 19.9 Å². The van der Waals surface area contributed by atoms with E-state index in [0.717, 1.165) is 11.3 Å². The molecular weight excluding hydrogens is 440 g/mol. The Balaban J connectivity index is 1.40. The molecular formula is C25H22N2O5S. The second kappa shape index (κ2) is 10.3. The van der Waals surface area contributed by atoms with Crippen LogP contribution in [0, 0.1) is 0 Å². The quantitative estimate of drug-likeness (QED) is 0.383. The second-order valence-corrected chi connectivity index (χ2v) is 8.74. The van der Waals surface area contributed by atoms with Gasteiger partial charge in [0.15, 0.2) is 0 Å². The zero-order chi connectivity index (χ0) is 23.1. The van der Waals surface area contributed by atoms with Gasteiger partial charge < -0.3 is 9.47 Å². The topological polar surface area (TPSA) is 94.6 Å². The number of rotatable bonds is 9. The first-order chi connectivity index (χ1) is 16.0. The number of thioether (sulfide) groups is 1. The summed E-state index contributed by atoms with van der Waals surface area (Å²) in [6.07, 6.45) is 2.45. The van der Waals surface area contributed by atoms with E-state index in [2.05, 4.69) is 10.3 Å². The summed E-state index contributed by atoms with van der Waals surface area (Å²) in [5, 5.41) is 1.65. The molecule has 2 amide bonds. The zero-order valence-corrected chi connectivity index (χ0v) is 18.5. The van der Waals surface area contributed by atoms with Gasteiger partial charge in [0.05, 0.1) is 6.61 Å². The summed E-state index contributed by atoms with van der Waals surface area (Å²) >= 11 is 0.663. The van der Waals surface area contributed by atoms with Crippen molar-refractivity contribution in [2.75, 3.05) is 6.61 Å². The average molecular weight is 463 g/mol. The summed E-state index contributed by atoms with van der Waals surface area (Å²) in [4.78, 5) is 41.8. The summed E-state index contributed by atoms with van der Waals surface area (Å²) in [6.45, 7) is 0.491. The summed E-state index contributed by atoms with van der Waals surface area (Å²) in [6, 6.07) is 22.0. The van der Waals surface area contributed by atoms with E-state index in [1.54, 1.807) is 30.5 Å². The van der Waals surface area contributed by atoms with E-state index in [0.29, 0.717) is 36.1 Å². The van der Waals surface area contributed by atoms with E-state index in [4.69, 9.17) is 9.47 Å². The second-order valence-electron chi connectivity index (χ2n) is 7.47. The van der Waals surface area contributed by atoms with Crippen LogP contribution in [-0.4, -0.2) is 33.5 Å². The van der Waals surface area contributed by atoms with Crippen LogP contribution < -0.4 is 10.1 Å². The highest BCUT2D eigenvalue weighted by atomic mass is 32.2. The third-order valence-corrected chi connectivity index (χ3v) is 6.25. The molecule has 2 aromatic carbocycles. The minimum Gasteiger partial charge on any atom is -0.493 e. The normalized spacial score (nSPS) is 17.5. The highest BCUT2D eigenvalue weighted by Crippen LogP contribution is 2.37. The lowest BCUT2D eigenvalue weighted by atomic mass is 9.97. The first-order valence-corrected chi connectivity index (χ1v) is 11.2. The molecule has 1 aliphatic heterocycles. The number of imide groups is 1. The van der Waals surface area contributed by atoms with Crippen LogP contribution in [0.25, 0.3) is 0 Å². The first kappa shape index (κ1) is 22.5. The highest BCUT2D eigenvalue weighted by molar-refractivity contribution is 8.16. The maximum atomic E-state index is 13.0. The SMILES string of the molecule is O=C1NC(=O)C(Cc2ccc(OCCc3ccccn3)cc2)(C(=O)OCc2ccccc2)S1. The Hall–Kier alpha value is -3.65. The van der Waals surface area contributed by atoms with Crippen LogP contribution in [0.5, 0.6) is 5.75 Å². The van der Waals surface area contributed by atoms with Crippen LogP contribution in [0.15, 0.2) is 79.0 Å². The van der Waals surface area contributed by atoms with Gasteiger partial charge in [-0.15, -0.1) is 0 Å². The first-order valence-electron chi connectivity index (χ1n) is 10.4. The van der Waals surface area contributed by atoms with E-state index >= 15 is 0 Å². The minimum absolute atomic E-state index is 0.0203. The van der Waals surface area contributed by atoms with Crippen molar-refractivity contribution >= 4 is 28.9 Å². The maximum absolute atomic E-state index is 13.0. The Labute approximate surface area is 195 Å². The lowest BCUT2D eigenvalue weighted by Crippen LogP contribution is -2.46. The largest absolute Gasteiger partial charge is 0.493 e. The number of hydrogen-bond donors (Lipinski definition) is 1. The molecule has 0 bridgehead atoms. The number of carbonyl (C=O) groups excluding carboxylic acids is 3. The molecule has 1 unspecified atom stereocenters. The fourth-order valence-electron chi connectivity index (χ4n) is 3.40. The number of amides is 2. The molecule has 168 valence electrons. The summed E-state index contributed by atoms with van der Waals surface area (Å²) in [5.74, 6) is -0.739. The van der Waals surface area contributed by atoms with Gasteiger partial charge in [0, 0.05) is 24.7 Å². The molecule has 8 heteroatoms. The van der Waals surface area contributed by atoms with E-state index < -0.39 is 21.9 Å². The van der Waals surface area contributed by atoms with Crippen molar-refractivity contribution in [2.24, 2.45) is 0 Å². The van der Waals surface area contributed by atoms with Crippen LogP contribution in [0.1, 0.15) is 16.8 Å².